The predicted octanol–water partition coefficient (Wildman–Crippen LogP) is 4.70. The second-order valence-electron chi connectivity index (χ2n) is 5.92. The van der Waals surface area contributed by atoms with Gasteiger partial charge >= 0.3 is 0 Å². The molecular formula is C20H17N5OS2. The Morgan fingerprint density at radius 3 is 2.54 bits per heavy atom. The molecule has 0 bridgehead atoms. The van der Waals surface area contributed by atoms with E-state index in [4.69, 9.17) is 0 Å². The second-order valence-corrected chi connectivity index (χ2v) is 7.70. The number of carbonyl (C=O) groups excluding carboxylic acids is 1. The molecule has 0 aliphatic rings. The highest BCUT2D eigenvalue weighted by Crippen LogP contribution is 2.31. The van der Waals surface area contributed by atoms with Crippen molar-refractivity contribution in [2.75, 3.05) is 4.90 Å². The molecular weight excluding hydrogens is 390 g/mol. The first kappa shape index (κ1) is 18.4. The maximum Gasteiger partial charge on any atom is 0.230 e. The Balaban J connectivity index is 1.50. The summed E-state index contributed by atoms with van der Waals surface area (Å²) in [5.41, 5.74) is 2.72. The number of benzene rings is 2. The summed E-state index contributed by atoms with van der Waals surface area (Å²) in [5, 5.41) is 11.7. The van der Waals surface area contributed by atoms with E-state index in [1.54, 1.807) is 29.9 Å². The van der Waals surface area contributed by atoms with Crippen molar-refractivity contribution < 1.29 is 4.79 Å². The second kappa shape index (κ2) is 8.37. The summed E-state index contributed by atoms with van der Waals surface area (Å²) in [6.07, 6.45) is 1.71. The Bertz CT molecular complexity index is 1060. The Labute approximate surface area is 170 Å². The van der Waals surface area contributed by atoms with Crippen molar-refractivity contribution in [2.45, 2.75) is 17.8 Å². The number of para-hydroxylation sites is 2. The molecule has 140 valence electrons. The predicted molar refractivity (Wildman–Crippen MR) is 112 cm³/mol. The van der Waals surface area contributed by atoms with Crippen LogP contribution in [0.1, 0.15) is 12.6 Å². The molecule has 2 aromatic heterocycles. The van der Waals surface area contributed by atoms with E-state index >= 15 is 0 Å². The van der Waals surface area contributed by atoms with E-state index in [-0.39, 0.29) is 5.91 Å². The third-order valence-corrected chi connectivity index (χ3v) is 5.81. The molecule has 0 saturated heterocycles. The van der Waals surface area contributed by atoms with Crippen molar-refractivity contribution in [1.82, 2.24) is 19.7 Å². The zero-order valence-electron chi connectivity index (χ0n) is 15.1. The van der Waals surface area contributed by atoms with Gasteiger partial charge in [0.15, 0.2) is 10.3 Å². The summed E-state index contributed by atoms with van der Waals surface area (Å²) in [6, 6.07) is 19.5. The largest absolute Gasteiger partial charge is 0.277 e. The van der Waals surface area contributed by atoms with Gasteiger partial charge in [0, 0.05) is 23.7 Å². The maximum absolute atomic E-state index is 12.2. The lowest BCUT2D eigenvalue weighted by molar-refractivity contribution is -0.115. The summed E-state index contributed by atoms with van der Waals surface area (Å²) in [4.78, 5) is 18.5. The van der Waals surface area contributed by atoms with Crippen LogP contribution in [0.5, 0.6) is 0 Å². The summed E-state index contributed by atoms with van der Waals surface area (Å²) < 4.78 is 1.95. The number of nitrogens with zero attached hydrogens (tertiary/aromatic N) is 5. The van der Waals surface area contributed by atoms with Gasteiger partial charge in [0.2, 0.25) is 5.91 Å². The quantitative estimate of drug-likeness (QED) is 0.434. The zero-order valence-corrected chi connectivity index (χ0v) is 16.7. The molecule has 0 N–H and O–H groups in total. The van der Waals surface area contributed by atoms with Crippen LogP contribution >= 0.6 is 23.1 Å². The third kappa shape index (κ3) is 3.97. The lowest BCUT2D eigenvalue weighted by atomic mass is 10.3. The number of hydrogen-bond donors (Lipinski definition) is 0. The Hall–Kier alpha value is -2.97. The van der Waals surface area contributed by atoms with E-state index in [9.17, 15) is 4.79 Å². The number of amides is 1. The molecule has 4 aromatic rings. The summed E-state index contributed by atoms with van der Waals surface area (Å²) in [5.74, 6) is 0.575. The molecule has 0 aliphatic heterocycles. The highest BCUT2D eigenvalue weighted by atomic mass is 32.2. The van der Waals surface area contributed by atoms with Crippen molar-refractivity contribution in [3.8, 4) is 5.69 Å². The van der Waals surface area contributed by atoms with Crippen LogP contribution in [-0.4, -0.2) is 25.7 Å². The number of aromatic nitrogens is 4. The normalized spacial score (nSPS) is 10.8. The average Bonchev–Trinajstić information content (AvgIpc) is 3.37. The van der Waals surface area contributed by atoms with Crippen LogP contribution in [0.4, 0.5) is 10.8 Å². The third-order valence-electron chi connectivity index (χ3n) is 3.96. The van der Waals surface area contributed by atoms with E-state index < -0.39 is 0 Å². The number of rotatable bonds is 6. The molecule has 2 heterocycles. The topological polar surface area (TPSA) is 63.9 Å². The number of thiazole rings is 1. The fraction of sp³-hybridized carbons (Fsp3) is 0.100. The molecule has 0 unspecified atom stereocenters. The zero-order chi connectivity index (χ0) is 19.3. The van der Waals surface area contributed by atoms with E-state index in [1.807, 2.05) is 70.6 Å². The standard InChI is InChI=1S/C20H17N5OS2/c1-15(26)25(18-10-6-3-7-11-18)19-22-16(12-27-19)13-28-20-23-21-14-24(20)17-8-4-2-5-9-17/h2-12,14H,13H2,1H3. The molecule has 4 rings (SSSR count). The van der Waals surface area contributed by atoms with E-state index in [0.717, 1.165) is 22.2 Å². The molecule has 0 spiro atoms. The van der Waals surface area contributed by atoms with Crippen molar-refractivity contribution in [3.05, 3.63) is 78.1 Å². The molecule has 0 radical (unpaired) electrons. The van der Waals surface area contributed by atoms with Crippen LogP contribution in [0.25, 0.3) is 5.69 Å². The first-order valence-electron chi connectivity index (χ1n) is 8.61. The fourth-order valence-corrected chi connectivity index (χ4v) is 4.51. The lowest BCUT2D eigenvalue weighted by Gasteiger charge is -2.17. The minimum atomic E-state index is -0.0661. The van der Waals surface area contributed by atoms with Crippen LogP contribution in [0.2, 0.25) is 0 Å². The van der Waals surface area contributed by atoms with Gasteiger partial charge in [0.25, 0.3) is 0 Å². The number of anilines is 2. The summed E-state index contributed by atoms with van der Waals surface area (Å²) >= 11 is 3.02. The average molecular weight is 408 g/mol. The SMILES string of the molecule is CC(=O)N(c1ccccc1)c1nc(CSc2nncn2-c2ccccc2)cs1. The lowest BCUT2D eigenvalue weighted by Crippen LogP contribution is -2.22. The Morgan fingerprint density at radius 2 is 1.82 bits per heavy atom. The number of hydrogen-bond acceptors (Lipinski definition) is 6. The molecule has 0 saturated carbocycles. The maximum atomic E-state index is 12.2. The van der Waals surface area contributed by atoms with Crippen LogP contribution in [0.15, 0.2) is 77.5 Å². The van der Waals surface area contributed by atoms with Crippen molar-refractivity contribution >= 4 is 39.8 Å². The molecule has 1 amide bonds. The molecule has 8 heteroatoms. The van der Waals surface area contributed by atoms with Crippen LogP contribution in [0.3, 0.4) is 0 Å². The van der Waals surface area contributed by atoms with E-state index in [1.165, 1.54) is 11.3 Å². The summed E-state index contributed by atoms with van der Waals surface area (Å²) in [7, 11) is 0. The molecule has 0 fully saturated rings. The van der Waals surface area contributed by atoms with Gasteiger partial charge in [-0.25, -0.2) is 4.98 Å². The van der Waals surface area contributed by atoms with Crippen molar-refractivity contribution in [1.29, 1.82) is 0 Å². The molecule has 28 heavy (non-hydrogen) atoms. The van der Waals surface area contributed by atoms with Gasteiger partial charge < -0.3 is 0 Å². The minimum absolute atomic E-state index is 0.0661. The molecule has 0 aliphatic carbocycles. The van der Waals surface area contributed by atoms with Crippen LogP contribution in [0, 0.1) is 0 Å². The van der Waals surface area contributed by atoms with Gasteiger partial charge in [0.1, 0.15) is 6.33 Å². The fourth-order valence-electron chi connectivity index (χ4n) is 2.70. The Morgan fingerprint density at radius 1 is 1.11 bits per heavy atom. The van der Waals surface area contributed by atoms with Crippen LogP contribution < -0.4 is 4.90 Å². The molecule has 6 nitrogen and oxygen atoms in total. The van der Waals surface area contributed by atoms with Crippen molar-refractivity contribution in [2.24, 2.45) is 0 Å². The first-order valence-corrected chi connectivity index (χ1v) is 10.5. The van der Waals surface area contributed by atoms with Gasteiger partial charge in [-0.1, -0.05) is 48.2 Å². The van der Waals surface area contributed by atoms with Crippen molar-refractivity contribution in [3.63, 3.8) is 0 Å². The molecule has 2 aromatic carbocycles. The van der Waals surface area contributed by atoms with Gasteiger partial charge in [-0.05, 0) is 24.3 Å². The van der Waals surface area contributed by atoms with Crippen LogP contribution in [-0.2, 0) is 10.5 Å². The Kier molecular flexibility index (Phi) is 5.50. The van der Waals surface area contributed by atoms with E-state index in [0.29, 0.717) is 10.9 Å². The monoisotopic (exact) mass is 407 g/mol. The first-order chi connectivity index (χ1) is 13.7. The smallest absolute Gasteiger partial charge is 0.230 e. The van der Waals surface area contributed by atoms with Gasteiger partial charge in [-0.3, -0.25) is 14.3 Å². The van der Waals surface area contributed by atoms with E-state index in [2.05, 4.69) is 15.2 Å². The highest BCUT2D eigenvalue weighted by molar-refractivity contribution is 7.98. The summed E-state index contributed by atoms with van der Waals surface area (Å²) in [6.45, 7) is 1.55. The number of thioether (sulfide) groups is 1. The number of carbonyl (C=O) groups is 1. The van der Waals surface area contributed by atoms with Gasteiger partial charge in [0.05, 0.1) is 11.4 Å². The van der Waals surface area contributed by atoms with Gasteiger partial charge in [-0.2, -0.15) is 0 Å². The molecule has 0 atom stereocenters. The highest BCUT2D eigenvalue weighted by Gasteiger charge is 2.18. The minimum Gasteiger partial charge on any atom is -0.277 e. The van der Waals surface area contributed by atoms with Gasteiger partial charge in [-0.15, -0.1) is 21.5 Å².